The quantitative estimate of drug-likeness (QED) is 0.776. The lowest BCUT2D eigenvalue weighted by molar-refractivity contribution is 0.422. The van der Waals surface area contributed by atoms with E-state index in [-0.39, 0.29) is 18.2 Å². The molecule has 0 saturated carbocycles. The van der Waals surface area contributed by atoms with Crippen LogP contribution in [0, 0.1) is 5.41 Å². The van der Waals surface area contributed by atoms with Gasteiger partial charge in [-0.3, -0.25) is 0 Å². The van der Waals surface area contributed by atoms with Crippen LogP contribution in [0.15, 0.2) is 22.0 Å². The summed E-state index contributed by atoms with van der Waals surface area (Å²) in [6.07, 6.45) is 0. The molecule has 9 heteroatoms. The molecule has 0 amide bonds. The molecule has 0 aliphatic heterocycles. The maximum absolute atomic E-state index is 12.0. The van der Waals surface area contributed by atoms with Crippen molar-refractivity contribution in [2.75, 3.05) is 11.6 Å². The predicted octanol–water partition coefficient (Wildman–Crippen LogP) is 2.48. The maximum atomic E-state index is 12.0. The molecule has 0 bridgehead atoms. The second kappa shape index (κ2) is 6.43. The molecule has 6 nitrogen and oxygen atoms in total. The third kappa shape index (κ3) is 4.77. The number of sulfonamides is 1. The van der Waals surface area contributed by atoms with Crippen molar-refractivity contribution in [3.63, 3.8) is 0 Å². The Hall–Kier alpha value is -0.960. The van der Waals surface area contributed by atoms with Crippen LogP contribution in [0.4, 0.5) is 0 Å². The van der Waals surface area contributed by atoms with Gasteiger partial charge in [0.2, 0.25) is 10.0 Å². The maximum Gasteiger partial charge on any atom is 0.268 e. The van der Waals surface area contributed by atoms with E-state index in [2.05, 4.69) is 14.9 Å². The highest BCUT2D eigenvalue weighted by molar-refractivity contribution is 7.89. The molecule has 0 atom stereocenters. The monoisotopic (exact) mass is 349 g/mol. The Balaban J connectivity index is 1.97. The molecule has 0 fully saturated rings. The molecular weight excluding hydrogens is 334 g/mol. The Morgan fingerprint density at radius 3 is 2.86 bits per heavy atom. The average molecular weight is 350 g/mol. The Bertz CT molecular complexity index is 680. The summed E-state index contributed by atoms with van der Waals surface area (Å²) in [5, 5.41) is 5.66. The van der Waals surface area contributed by atoms with Gasteiger partial charge in [-0.2, -0.15) is 4.98 Å². The molecule has 0 saturated heterocycles. The first-order valence-corrected chi connectivity index (χ1v) is 9.28. The lowest BCUT2D eigenvalue weighted by Crippen LogP contribution is -2.34. The first-order valence-electron chi connectivity index (χ1n) is 6.21. The van der Waals surface area contributed by atoms with E-state index in [1.54, 1.807) is 13.8 Å². The van der Waals surface area contributed by atoms with Crippen molar-refractivity contribution in [3.8, 4) is 10.8 Å². The van der Waals surface area contributed by atoms with Crippen molar-refractivity contribution in [2.45, 2.75) is 20.4 Å². The molecule has 0 aliphatic rings. The number of aromatic nitrogens is 2. The number of nitrogens with one attached hydrogen (secondary N) is 1. The molecule has 2 heterocycles. The average Bonchev–Trinajstić information content (AvgIpc) is 3.06. The lowest BCUT2D eigenvalue weighted by atomic mass is 10.0. The van der Waals surface area contributed by atoms with Gasteiger partial charge in [-0.05, 0) is 16.9 Å². The second-order valence-electron chi connectivity index (χ2n) is 5.37. The summed E-state index contributed by atoms with van der Waals surface area (Å²) in [6, 6.07) is 3.73. The van der Waals surface area contributed by atoms with E-state index in [0.717, 1.165) is 4.88 Å². The van der Waals surface area contributed by atoms with Crippen molar-refractivity contribution in [1.82, 2.24) is 14.9 Å². The number of rotatable bonds is 7. The van der Waals surface area contributed by atoms with Crippen molar-refractivity contribution in [2.24, 2.45) is 5.41 Å². The summed E-state index contributed by atoms with van der Waals surface area (Å²) in [6.45, 7) is 3.58. The van der Waals surface area contributed by atoms with Crippen LogP contribution in [0.5, 0.6) is 0 Å². The van der Waals surface area contributed by atoms with Crippen molar-refractivity contribution < 1.29 is 12.9 Å². The molecule has 0 radical (unpaired) electrons. The van der Waals surface area contributed by atoms with Crippen LogP contribution < -0.4 is 4.72 Å². The minimum Gasteiger partial charge on any atom is -0.333 e. The van der Waals surface area contributed by atoms with Crippen LogP contribution >= 0.6 is 22.9 Å². The Kier molecular flexibility index (Phi) is 5.03. The van der Waals surface area contributed by atoms with Crippen molar-refractivity contribution in [3.05, 3.63) is 23.3 Å². The van der Waals surface area contributed by atoms with Crippen molar-refractivity contribution in [1.29, 1.82) is 0 Å². The summed E-state index contributed by atoms with van der Waals surface area (Å²) in [4.78, 5) is 5.00. The number of halogens is 1. The summed E-state index contributed by atoms with van der Waals surface area (Å²) >= 11 is 7.22. The highest BCUT2D eigenvalue weighted by Crippen LogP contribution is 2.22. The minimum atomic E-state index is -3.45. The third-order valence-electron chi connectivity index (χ3n) is 2.59. The van der Waals surface area contributed by atoms with Gasteiger partial charge in [0.05, 0.1) is 17.2 Å². The van der Waals surface area contributed by atoms with E-state index in [9.17, 15) is 8.42 Å². The second-order valence-corrected chi connectivity index (χ2v) is 8.39. The molecule has 0 aromatic carbocycles. The molecule has 2 rings (SSSR count). The summed E-state index contributed by atoms with van der Waals surface area (Å²) in [5.41, 5.74) is -0.493. The number of hydrogen-bond donors (Lipinski definition) is 1. The van der Waals surface area contributed by atoms with Crippen LogP contribution in [-0.4, -0.2) is 30.2 Å². The molecule has 1 N–H and O–H groups in total. The minimum absolute atomic E-state index is 0.00439. The molecule has 116 valence electrons. The van der Waals surface area contributed by atoms with Crippen LogP contribution in [0.3, 0.4) is 0 Å². The van der Waals surface area contributed by atoms with E-state index in [1.807, 2.05) is 17.5 Å². The number of hydrogen-bond acceptors (Lipinski definition) is 6. The van der Waals surface area contributed by atoms with Gasteiger partial charge in [0, 0.05) is 5.88 Å². The molecule has 2 aromatic heterocycles. The van der Waals surface area contributed by atoms with E-state index < -0.39 is 15.4 Å². The third-order valence-corrected chi connectivity index (χ3v) is 5.92. The zero-order valence-corrected chi connectivity index (χ0v) is 14.1. The zero-order chi connectivity index (χ0) is 15.5. The summed E-state index contributed by atoms with van der Waals surface area (Å²) < 4.78 is 31.5. The van der Waals surface area contributed by atoms with Gasteiger partial charge in [-0.1, -0.05) is 25.1 Å². The summed E-state index contributed by atoms with van der Waals surface area (Å²) in [7, 11) is -3.45. The number of alkyl halides is 1. The van der Waals surface area contributed by atoms with E-state index in [1.165, 1.54) is 11.3 Å². The van der Waals surface area contributed by atoms with Crippen LogP contribution in [0.1, 0.15) is 19.7 Å². The van der Waals surface area contributed by atoms with Gasteiger partial charge in [0.1, 0.15) is 0 Å². The van der Waals surface area contributed by atoms with E-state index in [4.69, 9.17) is 16.1 Å². The standard InChI is InChI=1S/C12H16ClN3O3S2/c1-12(2,7-13)8-21(17,18)14-6-10-15-11(19-16-10)9-4-3-5-20-9/h3-5,14H,6-8H2,1-2H3. The SMILES string of the molecule is CC(C)(CCl)CS(=O)(=O)NCc1noc(-c2cccs2)n1. The highest BCUT2D eigenvalue weighted by atomic mass is 35.5. The topological polar surface area (TPSA) is 85.1 Å². The molecule has 0 aliphatic carbocycles. The molecule has 0 spiro atoms. The van der Waals surface area contributed by atoms with Crippen LogP contribution in [0.2, 0.25) is 0 Å². The first-order chi connectivity index (χ1) is 9.81. The lowest BCUT2D eigenvalue weighted by Gasteiger charge is -2.20. The first kappa shape index (κ1) is 16.4. The smallest absolute Gasteiger partial charge is 0.268 e. The van der Waals surface area contributed by atoms with Gasteiger partial charge in [0.25, 0.3) is 5.89 Å². The van der Waals surface area contributed by atoms with Gasteiger partial charge >= 0.3 is 0 Å². The van der Waals surface area contributed by atoms with Gasteiger partial charge in [-0.15, -0.1) is 22.9 Å². The molecular formula is C12H16ClN3O3S2. The fourth-order valence-corrected chi connectivity index (χ4v) is 4.04. The number of thiophene rings is 1. The van der Waals surface area contributed by atoms with Gasteiger partial charge in [-0.25, -0.2) is 13.1 Å². The van der Waals surface area contributed by atoms with Crippen LogP contribution in [0.25, 0.3) is 10.8 Å². The molecule has 2 aromatic rings. The normalized spacial score (nSPS) is 12.7. The fraction of sp³-hybridized carbons (Fsp3) is 0.500. The van der Waals surface area contributed by atoms with Crippen molar-refractivity contribution >= 4 is 33.0 Å². The molecule has 0 unspecified atom stereocenters. The van der Waals surface area contributed by atoms with Gasteiger partial charge in [0.15, 0.2) is 5.82 Å². The summed E-state index contributed by atoms with van der Waals surface area (Å²) in [5.74, 6) is 0.892. The highest BCUT2D eigenvalue weighted by Gasteiger charge is 2.25. The largest absolute Gasteiger partial charge is 0.333 e. The molecule has 21 heavy (non-hydrogen) atoms. The number of nitrogens with zero attached hydrogens (tertiary/aromatic N) is 2. The Morgan fingerprint density at radius 1 is 1.48 bits per heavy atom. The zero-order valence-electron chi connectivity index (χ0n) is 11.7. The van der Waals surface area contributed by atoms with E-state index in [0.29, 0.717) is 11.7 Å². The van der Waals surface area contributed by atoms with Gasteiger partial charge < -0.3 is 4.52 Å². The van der Waals surface area contributed by atoms with E-state index >= 15 is 0 Å². The van der Waals surface area contributed by atoms with Crippen LogP contribution in [-0.2, 0) is 16.6 Å². The fourth-order valence-electron chi connectivity index (χ4n) is 1.60. The Morgan fingerprint density at radius 2 is 2.24 bits per heavy atom. The Labute approximate surface area is 132 Å². The predicted molar refractivity (Wildman–Crippen MR) is 82.7 cm³/mol.